The largest absolute Gasteiger partial charge is 0.340 e. The summed E-state index contributed by atoms with van der Waals surface area (Å²) in [5.74, 6) is 0.552. The Bertz CT molecular complexity index is 1390. The van der Waals surface area contributed by atoms with E-state index < -0.39 is 9.84 Å². The van der Waals surface area contributed by atoms with Crippen molar-refractivity contribution >= 4 is 33.0 Å². The summed E-state index contributed by atoms with van der Waals surface area (Å²) in [6.07, 6.45) is 2.11. The van der Waals surface area contributed by atoms with Gasteiger partial charge in [0.2, 0.25) is 11.9 Å². The van der Waals surface area contributed by atoms with Crippen LogP contribution in [0.3, 0.4) is 0 Å². The van der Waals surface area contributed by atoms with Gasteiger partial charge in [-0.05, 0) is 35.4 Å². The Morgan fingerprint density at radius 1 is 0.939 bits per heavy atom. The molecule has 168 valence electrons. The Morgan fingerprint density at radius 2 is 1.67 bits per heavy atom. The lowest BCUT2D eigenvalue weighted by Crippen LogP contribution is -2.44. The van der Waals surface area contributed by atoms with Gasteiger partial charge in [0.15, 0.2) is 15.5 Å². The van der Waals surface area contributed by atoms with E-state index in [1.807, 2.05) is 72.9 Å². The van der Waals surface area contributed by atoms with Gasteiger partial charge >= 0.3 is 0 Å². The summed E-state index contributed by atoms with van der Waals surface area (Å²) in [7, 11) is -3.00. The fraction of sp³-hybridized carbons (Fsp3) is 0.208. The van der Waals surface area contributed by atoms with Crippen LogP contribution in [0.1, 0.15) is 5.56 Å². The number of pyridine rings is 1. The van der Waals surface area contributed by atoms with Crippen molar-refractivity contribution in [1.29, 1.82) is 0 Å². The molecule has 4 aromatic rings. The lowest BCUT2D eigenvalue weighted by Gasteiger charge is -2.26. The van der Waals surface area contributed by atoms with Crippen LogP contribution in [0.5, 0.6) is 0 Å². The third-order valence-electron chi connectivity index (χ3n) is 5.71. The molecule has 0 unspecified atom stereocenters. The summed E-state index contributed by atoms with van der Waals surface area (Å²) in [5, 5.41) is 7.73. The lowest BCUT2D eigenvalue weighted by atomic mass is 10.0. The van der Waals surface area contributed by atoms with Gasteiger partial charge in [-0.1, -0.05) is 42.5 Å². The molecular weight excluding hydrogens is 438 g/mol. The van der Waals surface area contributed by atoms with Gasteiger partial charge in [0.1, 0.15) is 0 Å². The maximum absolute atomic E-state index is 12.6. The number of hydrogen-bond donors (Lipinski definition) is 1. The van der Waals surface area contributed by atoms with E-state index in [0.29, 0.717) is 5.95 Å². The van der Waals surface area contributed by atoms with Crippen LogP contribution < -0.4 is 5.32 Å². The number of rotatable bonds is 5. The second-order valence-corrected chi connectivity index (χ2v) is 10.3. The molecule has 1 aliphatic heterocycles. The van der Waals surface area contributed by atoms with E-state index in [2.05, 4.69) is 15.4 Å². The van der Waals surface area contributed by atoms with E-state index in [9.17, 15) is 13.2 Å². The van der Waals surface area contributed by atoms with Crippen LogP contribution in [-0.2, 0) is 21.1 Å². The molecule has 0 radical (unpaired) electrons. The first-order chi connectivity index (χ1) is 16.0. The molecule has 3 heterocycles. The third-order valence-corrected chi connectivity index (χ3v) is 7.32. The van der Waals surface area contributed by atoms with Crippen LogP contribution >= 0.6 is 0 Å². The molecule has 5 rings (SSSR count). The average Bonchev–Trinajstić information content (AvgIpc) is 3.22. The zero-order valence-electron chi connectivity index (χ0n) is 17.9. The van der Waals surface area contributed by atoms with Gasteiger partial charge in [0, 0.05) is 30.5 Å². The summed E-state index contributed by atoms with van der Waals surface area (Å²) in [6, 6.07) is 21.5. The number of fused-ring (bicyclic) bond motifs is 1. The Balaban J connectivity index is 1.32. The van der Waals surface area contributed by atoms with E-state index >= 15 is 0 Å². The first kappa shape index (κ1) is 21.1. The van der Waals surface area contributed by atoms with E-state index in [1.54, 1.807) is 9.42 Å². The van der Waals surface area contributed by atoms with Gasteiger partial charge in [-0.15, -0.1) is 5.10 Å². The molecule has 1 fully saturated rings. The van der Waals surface area contributed by atoms with Gasteiger partial charge in [0.25, 0.3) is 0 Å². The maximum atomic E-state index is 12.6. The van der Waals surface area contributed by atoms with E-state index in [4.69, 9.17) is 0 Å². The molecule has 1 aliphatic rings. The second-order valence-electron chi connectivity index (χ2n) is 8.02. The number of nitrogens with zero attached hydrogens (tertiary/aromatic N) is 4. The number of amides is 1. The van der Waals surface area contributed by atoms with Crippen LogP contribution in [-0.4, -0.2) is 58.4 Å². The molecule has 1 amide bonds. The predicted octanol–water partition coefficient (Wildman–Crippen LogP) is 2.94. The quantitative estimate of drug-likeness (QED) is 0.491. The second kappa shape index (κ2) is 8.67. The maximum Gasteiger partial charge on any atom is 0.247 e. The van der Waals surface area contributed by atoms with Gasteiger partial charge in [-0.2, -0.15) is 4.98 Å². The van der Waals surface area contributed by atoms with Crippen molar-refractivity contribution < 1.29 is 13.2 Å². The van der Waals surface area contributed by atoms with Gasteiger partial charge in [0.05, 0.1) is 17.9 Å². The molecule has 0 spiro atoms. The van der Waals surface area contributed by atoms with Crippen LogP contribution in [0.15, 0.2) is 72.9 Å². The van der Waals surface area contributed by atoms with Crippen molar-refractivity contribution in [2.24, 2.45) is 0 Å². The number of hydrogen-bond acceptors (Lipinski definition) is 6. The van der Waals surface area contributed by atoms with Crippen LogP contribution in [0.25, 0.3) is 16.8 Å². The first-order valence-electron chi connectivity index (χ1n) is 10.7. The molecule has 8 nitrogen and oxygen atoms in total. The molecule has 0 atom stereocenters. The first-order valence-corrected chi connectivity index (χ1v) is 12.5. The van der Waals surface area contributed by atoms with Gasteiger partial charge in [-0.25, -0.2) is 12.9 Å². The predicted molar refractivity (Wildman–Crippen MR) is 127 cm³/mol. The number of carbonyl (C=O) groups is 1. The van der Waals surface area contributed by atoms with Crippen LogP contribution in [0.2, 0.25) is 0 Å². The highest BCUT2D eigenvalue weighted by Gasteiger charge is 2.24. The molecule has 9 heteroatoms. The van der Waals surface area contributed by atoms with E-state index in [0.717, 1.165) is 28.0 Å². The van der Waals surface area contributed by atoms with Crippen molar-refractivity contribution in [1.82, 2.24) is 19.5 Å². The molecule has 1 N–H and O–H groups in total. The highest BCUT2D eigenvalue weighted by atomic mass is 32.2. The highest BCUT2D eigenvalue weighted by Crippen LogP contribution is 2.25. The van der Waals surface area contributed by atoms with E-state index in [-0.39, 0.29) is 36.9 Å². The summed E-state index contributed by atoms with van der Waals surface area (Å²) in [6.45, 7) is 0.543. The van der Waals surface area contributed by atoms with Crippen LogP contribution in [0.4, 0.5) is 11.6 Å². The van der Waals surface area contributed by atoms with Crippen molar-refractivity contribution in [2.45, 2.75) is 6.42 Å². The third kappa shape index (κ3) is 4.73. The fourth-order valence-electron chi connectivity index (χ4n) is 3.89. The van der Waals surface area contributed by atoms with Crippen molar-refractivity contribution in [3.8, 4) is 11.1 Å². The Morgan fingerprint density at radius 3 is 2.39 bits per heavy atom. The topological polar surface area (TPSA) is 96.7 Å². The van der Waals surface area contributed by atoms with Gasteiger partial charge in [-0.3, -0.25) is 4.79 Å². The molecule has 33 heavy (non-hydrogen) atoms. The summed E-state index contributed by atoms with van der Waals surface area (Å²) < 4.78 is 24.9. The minimum absolute atomic E-state index is 0.0428. The van der Waals surface area contributed by atoms with Crippen molar-refractivity contribution in [3.05, 3.63) is 78.5 Å². The van der Waals surface area contributed by atoms with Gasteiger partial charge < -0.3 is 10.2 Å². The zero-order valence-corrected chi connectivity index (χ0v) is 18.7. The molecule has 0 bridgehead atoms. The lowest BCUT2D eigenvalue weighted by molar-refractivity contribution is -0.130. The minimum atomic E-state index is -3.00. The summed E-state index contributed by atoms with van der Waals surface area (Å²) >= 11 is 0. The summed E-state index contributed by atoms with van der Waals surface area (Å²) in [5.41, 5.74) is 4.44. The highest BCUT2D eigenvalue weighted by molar-refractivity contribution is 7.91. The fourth-order valence-corrected chi connectivity index (χ4v) is 5.09. The average molecular weight is 462 g/mol. The number of carbonyl (C=O) groups excluding carboxylic acids is 1. The Hall–Kier alpha value is -3.72. The number of aromatic nitrogens is 3. The molecule has 0 saturated carbocycles. The number of benzene rings is 2. The monoisotopic (exact) mass is 461 g/mol. The molecule has 0 aliphatic carbocycles. The number of anilines is 2. The normalized spacial score (nSPS) is 15.5. The molecule has 1 saturated heterocycles. The molecule has 2 aromatic carbocycles. The Kier molecular flexibility index (Phi) is 5.55. The minimum Gasteiger partial charge on any atom is -0.340 e. The molecular formula is C24H23N5O3S. The Labute approximate surface area is 191 Å². The zero-order chi connectivity index (χ0) is 22.8. The SMILES string of the molecule is O=C(Cc1ccc(-c2cccn3nc(Nc4ccccc4)nc23)cc1)N1CCS(=O)(=O)CC1. The van der Waals surface area contributed by atoms with Crippen LogP contribution in [0, 0.1) is 0 Å². The van der Waals surface area contributed by atoms with Crippen molar-refractivity contribution in [2.75, 3.05) is 29.9 Å². The summed E-state index contributed by atoms with van der Waals surface area (Å²) in [4.78, 5) is 18.9. The number of sulfone groups is 1. The standard InChI is InChI=1S/C24H23N5O3S/c30-22(28-13-15-33(31,32)16-14-28)17-18-8-10-19(11-9-18)21-7-4-12-29-23(21)26-24(27-29)25-20-5-2-1-3-6-20/h1-12H,13-17H2,(H,25,27). The smallest absolute Gasteiger partial charge is 0.247 e. The van der Waals surface area contributed by atoms with Crippen molar-refractivity contribution in [3.63, 3.8) is 0 Å². The van der Waals surface area contributed by atoms with E-state index in [1.165, 1.54) is 0 Å². The number of para-hydroxylation sites is 1. The number of nitrogens with one attached hydrogen (secondary N) is 1. The molecule has 2 aromatic heterocycles.